The lowest BCUT2D eigenvalue weighted by Gasteiger charge is -2.02. The molecule has 70 valence electrons. The van der Waals surface area contributed by atoms with E-state index in [9.17, 15) is 0 Å². The normalized spacial score (nSPS) is 9.79. The molecule has 0 aliphatic rings. The van der Waals surface area contributed by atoms with Crippen LogP contribution in [-0.4, -0.2) is 15.2 Å². The van der Waals surface area contributed by atoms with Crippen LogP contribution in [0.5, 0.6) is 11.6 Å². The Morgan fingerprint density at radius 2 is 2.21 bits per heavy atom. The number of halogens is 1. The van der Waals surface area contributed by atoms with Gasteiger partial charge in [0.2, 0.25) is 5.88 Å². The van der Waals surface area contributed by atoms with Crippen molar-refractivity contribution < 1.29 is 4.74 Å². The van der Waals surface area contributed by atoms with Gasteiger partial charge in [-0.1, -0.05) is 0 Å². The van der Waals surface area contributed by atoms with Gasteiger partial charge in [-0.25, -0.2) is 0 Å². The molecule has 2 aromatic rings. The summed E-state index contributed by atoms with van der Waals surface area (Å²) in [6.45, 7) is 0. The Labute approximate surface area is 89.1 Å². The molecule has 0 bridgehead atoms. The molecule has 0 fully saturated rings. The summed E-state index contributed by atoms with van der Waals surface area (Å²) in [4.78, 5) is 3.96. The number of hydrogen-bond acceptors (Lipinski definition) is 4. The topological polar surface area (TPSA) is 47.9 Å². The summed E-state index contributed by atoms with van der Waals surface area (Å²) in [5, 5.41) is 7.48. The van der Waals surface area contributed by atoms with Crippen molar-refractivity contribution >= 4 is 15.9 Å². The number of rotatable bonds is 2. The summed E-state index contributed by atoms with van der Waals surface area (Å²) < 4.78 is 6.25. The molecule has 0 aromatic carbocycles. The molecule has 0 aliphatic heterocycles. The Hall–Kier alpha value is -1.49. The fourth-order valence-electron chi connectivity index (χ4n) is 0.911. The van der Waals surface area contributed by atoms with Crippen LogP contribution in [0.25, 0.3) is 0 Å². The summed E-state index contributed by atoms with van der Waals surface area (Å²) in [6, 6.07) is 5.29. The fourth-order valence-corrected chi connectivity index (χ4v) is 1.25. The third kappa shape index (κ3) is 2.26. The van der Waals surface area contributed by atoms with E-state index in [0.29, 0.717) is 11.6 Å². The first kappa shape index (κ1) is 9.08. The Morgan fingerprint density at radius 1 is 1.29 bits per heavy atom. The summed E-state index contributed by atoms with van der Waals surface area (Å²) in [7, 11) is 0. The minimum atomic E-state index is 0.451. The lowest BCUT2D eigenvalue weighted by Crippen LogP contribution is -1.89. The predicted molar refractivity (Wildman–Crippen MR) is 54.0 cm³/mol. The van der Waals surface area contributed by atoms with Crippen LogP contribution in [0.1, 0.15) is 0 Å². The van der Waals surface area contributed by atoms with Crippen molar-refractivity contribution in [1.82, 2.24) is 15.2 Å². The average Bonchev–Trinajstić information content (AvgIpc) is 2.19. The molecule has 4 nitrogen and oxygen atoms in total. The first-order valence-electron chi connectivity index (χ1n) is 3.91. The van der Waals surface area contributed by atoms with Crippen molar-refractivity contribution in [3.63, 3.8) is 0 Å². The average molecular weight is 252 g/mol. The van der Waals surface area contributed by atoms with E-state index in [0.717, 1.165) is 4.47 Å². The van der Waals surface area contributed by atoms with Crippen LogP contribution in [0.15, 0.2) is 41.3 Å². The molecule has 5 heteroatoms. The quantitative estimate of drug-likeness (QED) is 0.823. The molecule has 2 aromatic heterocycles. The first-order chi connectivity index (χ1) is 6.84. The van der Waals surface area contributed by atoms with Crippen molar-refractivity contribution in [3.05, 3.63) is 41.3 Å². The van der Waals surface area contributed by atoms with Crippen LogP contribution in [0, 0.1) is 0 Å². The fraction of sp³-hybridized carbons (Fsp3) is 0. The molecule has 0 radical (unpaired) electrons. The molecule has 0 saturated heterocycles. The number of nitrogens with zero attached hydrogens (tertiary/aromatic N) is 3. The summed E-state index contributed by atoms with van der Waals surface area (Å²) >= 11 is 3.30. The Kier molecular flexibility index (Phi) is 2.69. The van der Waals surface area contributed by atoms with Gasteiger partial charge >= 0.3 is 0 Å². The van der Waals surface area contributed by atoms with E-state index in [1.807, 2.05) is 6.07 Å². The smallest absolute Gasteiger partial charge is 0.238 e. The van der Waals surface area contributed by atoms with Crippen LogP contribution in [0.2, 0.25) is 0 Å². The van der Waals surface area contributed by atoms with Crippen molar-refractivity contribution in [2.24, 2.45) is 0 Å². The van der Waals surface area contributed by atoms with E-state index in [1.165, 1.54) is 0 Å². The van der Waals surface area contributed by atoms with Crippen LogP contribution in [-0.2, 0) is 0 Å². The van der Waals surface area contributed by atoms with E-state index >= 15 is 0 Å². The molecule has 0 amide bonds. The third-order valence-corrected chi connectivity index (χ3v) is 1.88. The Morgan fingerprint density at radius 3 is 2.93 bits per heavy atom. The maximum absolute atomic E-state index is 5.39. The molecule has 0 saturated carbocycles. The highest BCUT2D eigenvalue weighted by atomic mass is 79.9. The summed E-state index contributed by atoms with van der Waals surface area (Å²) in [5.74, 6) is 1.08. The second kappa shape index (κ2) is 4.15. The Bertz CT molecular complexity index is 421. The Balaban J connectivity index is 2.19. The number of hydrogen-bond donors (Lipinski definition) is 0. The van der Waals surface area contributed by atoms with Gasteiger partial charge < -0.3 is 4.74 Å². The van der Waals surface area contributed by atoms with Gasteiger partial charge in [-0.2, -0.15) is 5.10 Å². The molecule has 0 N–H and O–H groups in total. The highest BCUT2D eigenvalue weighted by molar-refractivity contribution is 9.10. The first-order valence-corrected chi connectivity index (χ1v) is 4.70. The molecule has 0 atom stereocenters. The standard InChI is InChI=1S/C9H6BrN3O/c10-7-4-8(6-11-5-7)14-9-2-1-3-12-13-9/h1-6H. The van der Waals surface area contributed by atoms with Crippen LogP contribution in [0.3, 0.4) is 0 Å². The molecule has 0 aliphatic carbocycles. The van der Waals surface area contributed by atoms with Gasteiger partial charge in [0.1, 0.15) is 5.75 Å². The molecule has 2 heterocycles. The van der Waals surface area contributed by atoms with Crippen LogP contribution in [0.4, 0.5) is 0 Å². The highest BCUT2D eigenvalue weighted by Crippen LogP contribution is 2.20. The van der Waals surface area contributed by atoms with Gasteiger partial charge in [0.05, 0.1) is 6.20 Å². The van der Waals surface area contributed by atoms with Gasteiger partial charge in [0, 0.05) is 22.9 Å². The van der Waals surface area contributed by atoms with E-state index in [2.05, 4.69) is 31.1 Å². The van der Waals surface area contributed by atoms with Crippen molar-refractivity contribution in [2.75, 3.05) is 0 Å². The summed E-state index contributed by atoms with van der Waals surface area (Å²) in [5.41, 5.74) is 0. The lowest BCUT2D eigenvalue weighted by molar-refractivity contribution is 0.453. The molecular weight excluding hydrogens is 246 g/mol. The SMILES string of the molecule is Brc1cncc(Oc2cccnn2)c1. The van der Waals surface area contributed by atoms with Crippen molar-refractivity contribution in [1.29, 1.82) is 0 Å². The van der Waals surface area contributed by atoms with Gasteiger partial charge in [-0.15, -0.1) is 5.10 Å². The molecule has 0 unspecified atom stereocenters. The highest BCUT2D eigenvalue weighted by Gasteiger charge is 1.98. The van der Waals surface area contributed by atoms with Gasteiger partial charge in [-0.3, -0.25) is 4.98 Å². The molecule has 2 rings (SSSR count). The monoisotopic (exact) mass is 251 g/mol. The molecule has 14 heavy (non-hydrogen) atoms. The largest absolute Gasteiger partial charge is 0.436 e. The van der Waals surface area contributed by atoms with E-state index < -0.39 is 0 Å². The predicted octanol–water partition coefficient (Wildman–Crippen LogP) is 2.43. The van der Waals surface area contributed by atoms with Gasteiger partial charge in [0.25, 0.3) is 0 Å². The van der Waals surface area contributed by atoms with E-state index in [4.69, 9.17) is 4.74 Å². The second-order valence-electron chi connectivity index (χ2n) is 2.50. The maximum atomic E-state index is 5.39. The number of pyridine rings is 1. The lowest BCUT2D eigenvalue weighted by atomic mass is 10.4. The number of aromatic nitrogens is 3. The van der Waals surface area contributed by atoms with Crippen LogP contribution < -0.4 is 4.74 Å². The van der Waals surface area contributed by atoms with Gasteiger partial charge in [-0.05, 0) is 28.1 Å². The zero-order valence-corrected chi connectivity index (χ0v) is 8.68. The van der Waals surface area contributed by atoms with Crippen molar-refractivity contribution in [3.8, 4) is 11.6 Å². The van der Waals surface area contributed by atoms with E-state index in [1.54, 1.807) is 30.7 Å². The zero-order chi connectivity index (χ0) is 9.80. The molecular formula is C9H6BrN3O. The minimum absolute atomic E-state index is 0.451. The number of ether oxygens (including phenoxy) is 1. The van der Waals surface area contributed by atoms with E-state index in [-0.39, 0.29) is 0 Å². The maximum Gasteiger partial charge on any atom is 0.238 e. The van der Waals surface area contributed by atoms with Crippen LogP contribution >= 0.6 is 15.9 Å². The second-order valence-corrected chi connectivity index (χ2v) is 3.42. The van der Waals surface area contributed by atoms with Crippen molar-refractivity contribution in [2.45, 2.75) is 0 Å². The van der Waals surface area contributed by atoms with Gasteiger partial charge in [0.15, 0.2) is 0 Å². The summed E-state index contributed by atoms with van der Waals surface area (Å²) in [6.07, 6.45) is 4.88. The zero-order valence-electron chi connectivity index (χ0n) is 7.09. The minimum Gasteiger partial charge on any atom is -0.436 e. The third-order valence-electron chi connectivity index (χ3n) is 1.45. The molecule has 0 spiro atoms.